The van der Waals surface area contributed by atoms with Crippen LogP contribution in [0.4, 0.5) is 0 Å². The molecule has 0 atom stereocenters. The molecule has 1 aromatic heterocycles. The summed E-state index contributed by atoms with van der Waals surface area (Å²) in [5.41, 5.74) is 16.5. The normalized spacial score (nSPS) is 19.2. The van der Waals surface area contributed by atoms with Gasteiger partial charge in [-0.3, -0.25) is 4.99 Å². The Morgan fingerprint density at radius 1 is 1.16 bits per heavy atom. The minimum Gasteiger partial charge on any atom is -0.397 e. The number of fused-ring (bicyclic) bond motifs is 1. The Morgan fingerprint density at radius 3 is 2.62 bits per heavy atom. The minimum absolute atomic E-state index is 0.102. The highest BCUT2D eigenvalue weighted by atomic mass is 127. The Kier molecular flexibility index (Phi) is 7.29. The lowest BCUT2D eigenvalue weighted by atomic mass is 9.81. The van der Waals surface area contributed by atoms with Crippen molar-refractivity contribution in [3.8, 4) is 17.3 Å². The van der Waals surface area contributed by atoms with E-state index in [4.69, 9.17) is 20.6 Å². The SMILES string of the molecule is N#C/C(C(N)=NC1CC(COSI)C1)=C(/N)c1ccc2ccc(-c3ccccc3)nc2c1. The van der Waals surface area contributed by atoms with Crippen molar-refractivity contribution < 1.29 is 4.18 Å². The number of hydrogen-bond donors (Lipinski definition) is 2. The maximum atomic E-state index is 9.72. The molecule has 0 aliphatic heterocycles. The van der Waals surface area contributed by atoms with Gasteiger partial charge in [-0.2, -0.15) is 5.26 Å². The van der Waals surface area contributed by atoms with Gasteiger partial charge in [-0.15, -0.1) is 0 Å². The molecule has 0 radical (unpaired) electrons. The molecule has 1 aliphatic carbocycles. The number of halogens is 1. The van der Waals surface area contributed by atoms with Crippen molar-refractivity contribution in [3.05, 3.63) is 71.8 Å². The molecule has 162 valence electrons. The van der Waals surface area contributed by atoms with Crippen LogP contribution >= 0.6 is 30.4 Å². The Bertz CT molecular complexity index is 1220. The first-order valence-electron chi connectivity index (χ1n) is 10.2. The Balaban J connectivity index is 1.60. The summed E-state index contributed by atoms with van der Waals surface area (Å²) in [7, 11) is 1.34. The van der Waals surface area contributed by atoms with Crippen molar-refractivity contribution in [2.45, 2.75) is 18.9 Å². The van der Waals surface area contributed by atoms with E-state index < -0.39 is 0 Å². The third-order valence-corrected chi connectivity index (χ3v) is 6.58. The lowest BCUT2D eigenvalue weighted by Gasteiger charge is -2.32. The number of amidine groups is 1. The third-order valence-electron chi connectivity index (χ3n) is 5.59. The van der Waals surface area contributed by atoms with Crippen LogP contribution in [-0.4, -0.2) is 23.5 Å². The highest BCUT2D eigenvalue weighted by molar-refractivity contribution is 14.2. The van der Waals surface area contributed by atoms with Crippen molar-refractivity contribution >= 4 is 52.9 Å². The smallest absolute Gasteiger partial charge is 0.138 e. The lowest BCUT2D eigenvalue weighted by molar-refractivity contribution is 0.181. The molecule has 0 bridgehead atoms. The summed E-state index contributed by atoms with van der Waals surface area (Å²) in [5, 5.41) is 10.7. The number of nitriles is 1. The molecule has 6 nitrogen and oxygen atoms in total. The number of nitrogens with zero attached hydrogens (tertiary/aromatic N) is 3. The Hall–Kier alpha value is -2.61. The van der Waals surface area contributed by atoms with Gasteiger partial charge in [0.1, 0.15) is 17.5 Å². The fourth-order valence-electron chi connectivity index (χ4n) is 3.78. The van der Waals surface area contributed by atoms with Crippen LogP contribution in [0.2, 0.25) is 0 Å². The quantitative estimate of drug-likeness (QED) is 0.136. The summed E-state index contributed by atoms with van der Waals surface area (Å²) in [5.74, 6) is 0.666. The molecule has 0 saturated heterocycles. The molecular formula is C24H22IN5OS. The molecule has 2 aromatic carbocycles. The van der Waals surface area contributed by atoms with Crippen molar-refractivity contribution in [1.29, 1.82) is 5.26 Å². The molecule has 32 heavy (non-hydrogen) atoms. The lowest BCUT2D eigenvalue weighted by Crippen LogP contribution is -2.32. The van der Waals surface area contributed by atoms with Gasteiger partial charge < -0.3 is 15.7 Å². The van der Waals surface area contributed by atoms with Gasteiger partial charge in [-0.25, -0.2) is 4.98 Å². The second kappa shape index (κ2) is 10.3. The zero-order chi connectivity index (χ0) is 22.5. The van der Waals surface area contributed by atoms with E-state index in [9.17, 15) is 5.26 Å². The zero-order valence-corrected chi connectivity index (χ0v) is 20.2. The molecule has 1 heterocycles. The van der Waals surface area contributed by atoms with Crippen LogP contribution in [0, 0.1) is 17.2 Å². The number of hydrogen-bond acceptors (Lipinski definition) is 6. The van der Waals surface area contributed by atoms with Crippen molar-refractivity contribution in [2.75, 3.05) is 6.61 Å². The minimum atomic E-state index is 0.102. The van der Waals surface area contributed by atoms with Crippen LogP contribution < -0.4 is 11.5 Å². The van der Waals surface area contributed by atoms with E-state index in [1.807, 2.05) is 60.7 Å². The molecule has 1 saturated carbocycles. The van der Waals surface area contributed by atoms with E-state index >= 15 is 0 Å². The molecule has 3 aromatic rings. The standard InChI is InChI=1S/C24H22IN5OS/c25-32-31-14-15-10-19(11-15)29-24(28)20(13-26)23(27)18-7-6-17-8-9-21(30-22(17)12-18)16-4-2-1-3-5-16/h1-9,12,15,19H,10-11,14,27H2,(H2,28,29)/b23-20-. The first-order valence-corrected chi connectivity index (χ1v) is 13.5. The molecule has 0 spiro atoms. The van der Waals surface area contributed by atoms with Gasteiger partial charge in [0, 0.05) is 37.7 Å². The summed E-state index contributed by atoms with van der Waals surface area (Å²) in [6.07, 6.45) is 1.80. The highest BCUT2D eigenvalue weighted by Crippen LogP contribution is 2.32. The molecule has 0 amide bonds. The number of nitrogens with two attached hydrogens (primary N) is 2. The Morgan fingerprint density at radius 2 is 1.91 bits per heavy atom. The zero-order valence-electron chi connectivity index (χ0n) is 17.2. The summed E-state index contributed by atoms with van der Waals surface area (Å²) in [6.45, 7) is 0.706. The van der Waals surface area contributed by atoms with Crippen LogP contribution in [0.3, 0.4) is 0 Å². The fraction of sp³-hybridized carbons (Fsp3) is 0.208. The third kappa shape index (κ3) is 5.06. The molecule has 1 aliphatic rings. The summed E-state index contributed by atoms with van der Waals surface area (Å²) in [6, 6.07) is 22.0. The van der Waals surface area contributed by atoms with Gasteiger partial charge in [0.05, 0.1) is 38.8 Å². The predicted molar refractivity (Wildman–Crippen MR) is 140 cm³/mol. The molecule has 0 unspecified atom stereocenters. The predicted octanol–water partition coefficient (Wildman–Crippen LogP) is 5.25. The number of rotatable bonds is 7. The second-order valence-corrected chi connectivity index (χ2v) is 9.16. The molecule has 4 N–H and O–H groups in total. The first-order chi connectivity index (χ1) is 15.6. The van der Waals surface area contributed by atoms with Crippen molar-refractivity contribution in [2.24, 2.45) is 22.4 Å². The maximum Gasteiger partial charge on any atom is 0.138 e. The Labute approximate surface area is 203 Å². The average molecular weight is 555 g/mol. The maximum absolute atomic E-state index is 9.72. The van der Waals surface area contributed by atoms with Gasteiger partial charge in [0.2, 0.25) is 0 Å². The van der Waals surface area contributed by atoms with Gasteiger partial charge in [-0.05, 0) is 30.9 Å². The molecular weight excluding hydrogens is 533 g/mol. The van der Waals surface area contributed by atoms with Crippen LogP contribution in [0.5, 0.6) is 0 Å². The first kappa shape index (κ1) is 22.6. The van der Waals surface area contributed by atoms with E-state index in [-0.39, 0.29) is 17.5 Å². The summed E-state index contributed by atoms with van der Waals surface area (Å²) < 4.78 is 5.36. The second-order valence-electron chi connectivity index (χ2n) is 7.72. The van der Waals surface area contributed by atoms with Crippen LogP contribution in [-0.2, 0) is 4.18 Å². The average Bonchev–Trinajstić information content (AvgIpc) is 2.80. The van der Waals surface area contributed by atoms with Crippen molar-refractivity contribution in [3.63, 3.8) is 0 Å². The monoisotopic (exact) mass is 555 g/mol. The van der Waals surface area contributed by atoms with E-state index in [1.54, 1.807) is 0 Å². The van der Waals surface area contributed by atoms with Gasteiger partial charge >= 0.3 is 0 Å². The van der Waals surface area contributed by atoms with Crippen LogP contribution in [0.1, 0.15) is 18.4 Å². The molecule has 4 rings (SSSR count). The van der Waals surface area contributed by atoms with E-state index in [1.165, 1.54) is 9.21 Å². The number of pyridine rings is 1. The van der Waals surface area contributed by atoms with E-state index in [2.05, 4.69) is 32.3 Å². The van der Waals surface area contributed by atoms with Gasteiger partial charge in [0.15, 0.2) is 0 Å². The molecule has 8 heteroatoms. The largest absolute Gasteiger partial charge is 0.397 e. The van der Waals surface area contributed by atoms with Crippen LogP contribution in [0.25, 0.3) is 27.9 Å². The van der Waals surface area contributed by atoms with E-state index in [0.717, 1.165) is 35.0 Å². The summed E-state index contributed by atoms with van der Waals surface area (Å²) >= 11 is 2.11. The number of aromatic nitrogens is 1. The number of aliphatic imine (C=N–C) groups is 1. The molecule has 1 fully saturated rings. The number of benzene rings is 2. The van der Waals surface area contributed by atoms with Crippen molar-refractivity contribution in [1.82, 2.24) is 4.98 Å². The van der Waals surface area contributed by atoms with Gasteiger partial charge in [0.25, 0.3) is 0 Å². The fourth-order valence-corrected chi connectivity index (χ4v) is 4.46. The van der Waals surface area contributed by atoms with E-state index in [0.29, 0.717) is 23.8 Å². The topological polar surface area (TPSA) is 110 Å². The van der Waals surface area contributed by atoms with Crippen LogP contribution in [0.15, 0.2) is 71.2 Å². The summed E-state index contributed by atoms with van der Waals surface area (Å²) in [4.78, 5) is 9.31. The highest BCUT2D eigenvalue weighted by Gasteiger charge is 2.29. The van der Waals surface area contributed by atoms with Gasteiger partial charge in [-0.1, -0.05) is 48.5 Å².